The van der Waals surface area contributed by atoms with E-state index in [9.17, 15) is 0 Å². The summed E-state index contributed by atoms with van der Waals surface area (Å²) in [5.74, 6) is 0.941. The molecule has 2 aliphatic rings. The molecule has 0 spiro atoms. The number of furan rings is 1. The first-order valence-corrected chi connectivity index (χ1v) is 13.7. The lowest BCUT2D eigenvalue weighted by Crippen LogP contribution is -2.29. The highest BCUT2D eigenvalue weighted by atomic mass is 16.3. The highest BCUT2D eigenvalue weighted by molar-refractivity contribution is 6.27. The molecule has 1 aliphatic heterocycles. The summed E-state index contributed by atoms with van der Waals surface area (Å²) in [4.78, 5) is 5.19. The summed E-state index contributed by atoms with van der Waals surface area (Å²) in [5.41, 5.74) is 8.60. The Kier molecular flexibility index (Phi) is 3.70. The lowest BCUT2D eigenvalue weighted by atomic mass is 9.97. The molecule has 186 valence electrons. The summed E-state index contributed by atoms with van der Waals surface area (Å²) in [7, 11) is 0. The number of nitrogens with zero attached hydrogens (tertiary/aromatic N) is 2. The van der Waals surface area contributed by atoms with Crippen LogP contribution in [0, 0.1) is 0 Å². The number of anilines is 1. The van der Waals surface area contributed by atoms with Gasteiger partial charge in [0.25, 0.3) is 0 Å². The van der Waals surface area contributed by atoms with E-state index in [1.807, 2.05) is 0 Å². The van der Waals surface area contributed by atoms with Crippen LogP contribution in [0.2, 0.25) is 0 Å². The Morgan fingerprint density at radius 2 is 1.52 bits per heavy atom. The first kappa shape index (κ1) is 20.6. The average Bonchev–Trinajstić information content (AvgIpc) is 3.66. The molecule has 0 amide bonds. The van der Waals surface area contributed by atoms with Crippen molar-refractivity contribution in [3.8, 4) is 11.1 Å². The number of para-hydroxylation sites is 1. The second-order valence-corrected chi connectivity index (χ2v) is 10.8. The van der Waals surface area contributed by atoms with Crippen LogP contribution in [0.5, 0.6) is 0 Å². The van der Waals surface area contributed by atoms with E-state index in [4.69, 9.17) is 9.41 Å². The van der Waals surface area contributed by atoms with Gasteiger partial charge in [0, 0.05) is 26.9 Å². The molecule has 1 atom stereocenters. The highest BCUT2D eigenvalue weighted by Gasteiger charge is 2.29. The topological polar surface area (TPSA) is 41.9 Å². The smallest absolute Gasteiger partial charge is 0.162 e. The minimum Gasteiger partial charge on any atom is -0.454 e. The van der Waals surface area contributed by atoms with Crippen molar-refractivity contribution < 1.29 is 4.42 Å². The van der Waals surface area contributed by atoms with Gasteiger partial charge in [0.05, 0.1) is 28.5 Å². The van der Waals surface area contributed by atoms with Crippen molar-refractivity contribution in [1.29, 1.82) is 0 Å². The van der Waals surface area contributed by atoms with E-state index in [0.29, 0.717) is 0 Å². The van der Waals surface area contributed by atoms with Crippen molar-refractivity contribution >= 4 is 77.1 Å². The lowest BCUT2D eigenvalue weighted by Gasteiger charge is -2.23. The maximum absolute atomic E-state index is 6.69. The van der Waals surface area contributed by atoms with Crippen LogP contribution in [0.1, 0.15) is 0 Å². The third-order valence-corrected chi connectivity index (χ3v) is 8.73. The van der Waals surface area contributed by atoms with Gasteiger partial charge in [-0.05, 0) is 46.2 Å². The zero-order valence-corrected chi connectivity index (χ0v) is 21.3. The maximum atomic E-state index is 6.69. The van der Waals surface area contributed by atoms with Gasteiger partial charge in [-0.2, -0.15) is 0 Å². The molecule has 4 heterocycles. The fourth-order valence-corrected chi connectivity index (χ4v) is 6.96. The fourth-order valence-electron chi connectivity index (χ4n) is 6.96. The lowest BCUT2D eigenvalue weighted by molar-refractivity contribution is 0.671. The van der Waals surface area contributed by atoms with E-state index in [2.05, 4.69) is 125 Å². The number of aliphatic imine (C=N–C) groups is 1. The van der Waals surface area contributed by atoms with Gasteiger partial charge in [0.15, 0.2) is 11.4 Å². The van der Waals surface area contributed by atoms with E-state index in [0.717, 1.165) is 44.7 Å². The number of rotatable bonds is 1. The van der Waals surface area contributed by atoms with Gasteiger partial charge >= 0.3 is 0 Å². The molecule has 40 heavy (non-hydrogen) atoms. The van der Waals surface area contributed by atoms with Gasteiger partial charge in [0.2, 0.25) is 0 Å². The first-order valence-electron chi connectivity index (χ1n) is 13.7. The van der Waals surface area contributed by atoms with Crippen molar-refractivity contribution in [2.45, 2.75) is 6.04 Å². The van der Waals surface area contributed by atoms with Crippen LogP contribution in [0.25, 0.3) is 71.0 Å². The molecule has 4 heteroatoms. The average molecular weight is 512 g/mol. The molecule has 0 saturated carbocycles. The van der Waals surface area contributed by atoms with Crippen molar-refractivity contribution in [3.63, 3.8) is 0 Å². The van der Waals surface area contributed by atoms with E-state index < -0.39 is 0 Å². The van der Waals surface area contributed by atoms with Crippen LogP contribution in [-0.4, -0.2) is 16.2 Å². The normalized spacial score (nSPS) is 16.4. The number of benzene rings is 5. The zero-order chi connectivity index (χ0) is 25.9. The molecule has 1 unspecified atom stereocenters. The van der Waals surface area contributed by atoms with Gasteiger partial charge < -0.3 is 9.73 Å². The molecule has 0 saturated heterocycles. The Bertz CT molecular complexity index is 2460. The Morgan fingerprint density at radius 1 is 0.700 bits per heavy atom. The van der Waals surface area contributed by atoms with Crippen molar-refractivity contribution in [2.75, 3.05) is 5.32 Å². The van der Waals surface area contributed by atoms with Crippen LogP contribution in [0.15, 0.2) is 125 Å². The molecular formula is C36H21N3O. The van der Waals surface area contributed by atoms with Gasteiger partial charge in [-0.15, -0.1) is 0 Å². The summed E-state index contributed by atoms with van der Waals surface area (Å²) in [5, 5.41) is 12.1. The molecule has 0 fully saturated rings. The second-order valence-electron chi connectivity index (χ2n) is 10.8. The molecule has 8 aromatic rings. The molecule has 5 aromatic carbocycles. The SMILES string of the molecule is C1=CC2=Nc3c(c4cccc5c6ccc7c8cc(-c9cccc%10ccccc9%10)ccc8oc7c6n3c45)NC2C=C1. The van der Waals surface area contributed by atoms with E-state index in [1.54, 1.807) is 0 Å². The Labute approximate surface area is 228 Å². The quantitative estimate of drug-likeness (QED) is 0.238. The summed E-state index contributed by atoms with van der Waals surface area (Å²) in [6.07, 6.45) is 8.40. The predicted molar refractivity (Wildman–Crippen MR) is 167 cm³/mol. The van der Waals surface area contributed by atoms with Crippen LogP contribution < -0.4 is 5.32 Å². The first-order chi connectivity index (χ1) is 19.8. The Balaban J connectivity index is 1.30. The van der Waals surface area contributed by atoms with Crippen LogP contribution in [0.4, 0.5) is 11.5 Å². The summed E-state index contributed by atoms with van der Waals surface area (Å²) in [6.45, 7) is 0. The van der Waals surface area contributed by atoms with Crippen LogP contribution in [0.3, 0.4) is 0 Å². The summed E-state index contributed by atoms with van der Waals surface area (Å²) in [6, 6.07) is 32.8. The fraction of sp³-hybridized carbons (Fsp3) is 0.0278. The minimum absolute atomic E-state index is 0.0913. The number of aromatic nitrogens is 1. The highest BCUT2D eigenvalue weighted by Crippen LogP contribution is 2.48. The Morgan fingerprint density at radius 3 is 2.52 bits per heavy atom. The molecule has 0 bridgehead atoms. The molecule has 10 rings (SSSR count). The number of hydrogen-bond acceptors (Lipinski definition) is 3. The van der Waals surface area contributed by atoms with Crippen molar-refractivity contribution in [2.24, 2.45) is 4.99 Å². The third-order valence-electron chi connectivity index (χ3n) is 8.73. The van der Waals surface area contributed by atoms with Crippen LogP contribution >= 0.6 is 0 Å². The molecular weight excluding hydrogens is 490 g/mol. The minimum atomic E-state index is 0.0913. The maximum Gasteiger partial charge on any atom is 0.162 e. The standard InChI is InChI=1S/C36H21N3O/c1-2-9-22-20(7-1)8-5-10-23(22)21-15-18-31-28(19-21)26-17-16-25-24-11-6-12-27-32-36(38-30-14-4-3-13-29(30)37-32)39(33(24)27)34(25)35(26)40-31/h1-19,29,37H. The molecule has 1 N–H and O–H groups in total. The monoisotopic (exact) mass is 511 g/mol. The third kappa shape index (κ3) is 2.49. The number of allylic oxidation sites excluding steroid dienone is 2. The van der Waals surface area contributed by atoms with Gasteiger partial charge in [-0.25, -0.2) is 4.99 Å². The molecule has 3 aromatic heterocycles. The number of hydrogen-bond donors (Lipinski definition) is 1. The largest absolute Gasteiger partial charge is 0.454 e. The Hall–Kier alpha value is -5.35. The van der Waals surface area contributed by atoms with Gasteiger partial charge in [-0.3, -0.25) is 4.40 Å². The summed E-state index contributed by atoms with van der Waals surface area (Å²) < 4.78 is 9.00. The molecule has 4 nitrogen and oxygen atoms in total. The molecule has 1 aliphatic carbocycles. The second kappa shape index (κ2) is 7.19. The van der Waals surface area contributed by atoms with E-state index in [-0.39, 0.29) is 6.04 Å². The van der Waals surface area contributed by atoms with E-state index >= 15 is 0 Å². The van der Waals surface area contributed by atoms with E-state index in [1.165, 1.54) is 43.6 Å². The summed E-state index contributed by atoms with van der Waals surface area (Å²) >= 11 is 0. The zero-order valence-electron chi connectivity index (χ0n) is 21.3. The number of nitrogens with one attached hydrogen (secondary N) is 1. The predicted octanol–water partition coefficient (Wildman–Crippen LogP) is 9.40. The molecule has 0 radical (unpaired) electrons. The number of fused-ring (bicyclic) bond motifs is 12. The van der Waals surface area contributed by atoms with Gasteiger partial charge in [-0.1, -0.05) is 91.0 Å². The van der Waals surface area contributed by atoms with Crippen molar-refractivity contribution in [3.05, 3.63) is 115 Å². The van der Waals surface area contributed by atoms with Crippen LogP contribution in [-0.2, 0) is 0 Å². The van der Waals surface area contributed by atoms with Crippen molar-refractivity contribution in [1.82, 2.24) is 4.40 Å². The van der Waals surface area contributed by atoms with Gasteiger partial charge in [0.1, 0.15) is 5.58 Å².